The summed E-state index contributed by atoms with van der Waals surface area (Å²) in [5, 5.41) is 17.3. The maximum atomic E-state index is 12.2. The molecule has 0 saturated heterocycles. The maximum Gasteiger partial charge on any atom is 0.343 e. The van der Waals surface area contributed by atoms with Crippen molar-refractivity contribution in [3.05, 3.63) is 98.6 Å². The fourth-order valence-electron chi connectivity index (χ4n) is 2.65. The molecule has 0 aliphatic rings. The molecule has 0 unspecified atom stereocenters. The van der Waals surface area contributed by atoms with Crippen LogP contribution in [0.3, 0.4) is 0 Å². The number of ether oxygens (including phenoxy) is 1. The van der Waals surface area contributed by atoms with Crippen LogP contribution in [0.5, 0.6) is 5.75 Å². The van der Waals surface area contributed by atoms with Crippen molar-refractivity contribution in [1.29, 1.82) is 0 Å². The van der Waals surface area contributed by atoms with Crippen LogP contribution in [0.2, 0.25) is 5.02 Å². The molecule has 2 N–H and O–H groups in total. The number of carbonyl (C=O) groups excluding carboxylic acids is 3. The summed E-state index contributed by atoms with van der Waals surface area (Å²) >= 11 is 5.99. The van der Waals surface area contributed by atoms with Crippen molar-refractivity contribution < 1.29 is 24.0 Å². The largest absolute Gasteiger partial charge is 0.423 e. The Balaban J connectivity index is 1.52. The van der Waals surface area contributed by atoms with Crippen LogP contribution < -0.4 is 15.5 Å². The number of carbonyl (C=O) groups is 3. The van der Waals surface area contributed by atoms with Gasteiger partial charge in [0.2, 0.25) is 0 Å². The molecule has 0 radical (unpaired) electrons. The molecule has 0 fully saturated rings. The molecular weight excluding hydrogens is 464 g/mol. The van der Waals surface area contributed by atoms with E-state index in [4.69, 9.17) is 16.3 Å². The number of esters is 1. The van der Waals surface area contributed by atoms with Crippen LogP contribution in [0, 0.1) is 17.0 Å². The second-order valence-corrected chi connectivity index (χ2v) is 7.24. The van der Waals surface area contributed by atoms with Gasteiger partial charge in [0.15, 0.2) is 0 Å². The third kappa shape index (κ3) is 6.24. The maximum absolute atomic E-state index is 12.2. The smallest absolute Gasteiger partial charge is 0.343 e. The first-order valence-corrected chi connectivity index (χ1v) is 10.1. The molecule has 3 aromatic rings. The minimum atomic E-state index is -0.968. The second-order valence-electron chi connectivity index (χ2n) is 6.83. The minimum absolute atomic E-state index is 0.135. The van der Waals surface area contributed by atoms with Crippen molar-refractivity contribution in [3.63, 3.8) is 0 Å². The lowest BCUT2D eigenvalue weighted by Gasteiger charge is -2.08. The highest BCUT2D eigenvalue weighted by molar-refractivity contribution is 6.40. The summed E-state index contributed by atoms with van der Waals surface area (Å²) in [5.74, 6) is -2.31. The average molecular weight is 481 g/mol. The van der Waals surface area contributed by atoms with E-state index in [-0.39, 0.29) is 17.0 Å². The summed E-state index contributed by atoms with van der Waals surface area (Å²) in [6.07, 6.45) is 1.30. The molecule has 10 nitrogen and oxygen atoms in total. The van der Waals surface area contributed by atoms with Crippen LogP contribution in [0.25, 0.3) is 0 Å². The zero-order chi connectivity index (χ0) is 24.7. The van der Waals surface area contributed by atoms with E-state index in [1.54, 1.807) is 37.3 Å². The Morgan fingerprint density at radius 3 is 2.32 bits per heavy atom. The Bertz CT molecular complexity index is 1270. The zero-order valence-electron chi connectivity index (χ0n) is 17.7. The topological polar surface area (TPSA) is 140 Å². The standard InChI is InChI=1S/C23H17ClN4O6/c1-14-19(24)3-2-4-20(14)26-21(29)22(30)27-25-13-15-5-11-18(12-6-15)34-23(31)16-7-9-17(10-8-16)28(32)33/h2-13H,1H3,(H,26,29)(H,27,30)/b25-13+. The minimum Gasteiger partial charge on any atom is -0.423 e. The number of hydrogen-bond donors (Lipinski definition) is 2. The predicted octanol–water partition coefficient (Wildman–Crippen LogP) is 3.86. The highest BCUT2D eigenvalue weighted by Gasteiger charge is 2.15. The monoisotopic (exact) mass is 480 g/mol. The normalized spacial score (nSPS) is 10.5. The number of nitro groups is 1. The van der Waals surface area contributed by atoms with Crippen LogP contribution in [-0.2, 0) is 9.59 Å². The van der Waals surface area contributed by atoms with Gasteiger partial charge < -0.3 is 10.1 Å². The predicted molar refractivity (Wildman–Crippen MR) is 125 cm³/mol. The number of hydrogen-bond acceptors (Lipinski definition) is 7. The van der Waals surface area contributed by atoms with E-state index in [2.05, 4.69) is 15.8 Å². The number of amides is 2. The van der Waals surface area contributed by atoms with Crippen LogP contribution >= 0.6 is 11.6 Å². The number of nitrogens with one attached hydrogen (secondary N) is 2. The van der Waals surface area contributed by atoms with Crippen LogP contribution in [-0.4, -0.2) is 28.9 Å². The molecule has 172 valence electrons. The van der Waals surface area contributed by atoms with Crippen molar-refractivity contribution in [3.8, 4) is 5.75 Å². The Morgan fingerprint density at radius 2 is 1.68 bits per heavy atom. The molecule has 0 bridgehead atoms. The molecule has 0 heterocycles. The molecule has 3 rings (SSSR count). The first-order valence-electron chi connectivity index (χ1n) is 9.71. The number of non-ortho nitro benzene ring substituents is 1. The lowest BCUT2D eigenvalue weighted by atomic mass is 10.2. The third-order valence-electron chi connectivity index (χ3n) is 4.51. The van der Waals surface area contributed by atoms with Crippen LogP contribution in [0.1, 0.15) is 21.5 Å². The average Bonchev–Trinajstić information content (AvgIpc) is 2.83. The van der Waals surface area contributed by atoms with Gasteiger partial charge in [-0.1, -0.05) is 17.7 Å². The number of halogens is 1. The Hall–Kier alpha value is -4.57. The SMILES string of the molecule is Cc1c(Cl)cccc1NC(=O)C(=O)N/N=C/c1ccc(OC(=O)c2ccc([N+](=O)[O-])cc2)cc1. The summed E-state index contributed by atoms with van der Waals surface area (Å²) in [6, 6.07) is 16.1. The molecule has 0 spiro atoms. The van der Waals surface area contributed by atoms with Gasteiger partial charge in [-0.2, -0.15) is 5.10 Å². The number of rotatable bonds is 6. The summed E-state index contributed by atoms with van der Waals surface area (Å²) in [4.78, 5) is 46.2. The molecule has 0 atom stereocenters. The fraction of sp³-hybridized carbons (Fsp3) is 0.0435. The summed E-state index contributed by atoms with van der Waals surface area (Å²) in [6.45, 7) is 1.71. The summed E-state index contributed by atoms with van der Waals surface area (Å²) in [7, 11) is 0. The van der Waals surface area contributed by atoms with Crippen molar-refractivity contribution in [2.24, 2.45) is 5.10 Å². The van der Waals surface area contributed by atoms with E-state index >= 15 is 0 Å². The van der Waals surface area contributed by atoms with E-state index in [1.165, 1.54) is 42.6 Å². The van der Waals surface area contributed by atoms with Crippen molar-refractivity contribution in [2.75, 3.05) is 5.32 Å². The fourth-order valence-corrected chi connectivity index (χ4v) is 2.82. The molecule has 3 aromatic carbocycles. The first-order chi connectivity index (χ1) is 16.2. The number of benzene rings is 3. The lowest BCUT2D eigenvalue weighted by molar-refractivity contribution is -0.384. The van der Waals surface area contributed by atoms with Gasteiger partial charge in [0.1, 0.15) is 5.75 Å². The van der Waals surface area contributed by atoms with E-state index in [1.807, 2.05) is 0 Å². The Kier molecular flexibility index (Phi) is 7.67. The molecule has 0 aliphatic carbocycles. The number of nitrogens with zero attached hydrogens (tertiary/aromatic N) is 2. The van der Waals surface area contributed by atoms with Gasteiger partial charge in [0.05, 0.1) is 16.7 Å². The van der Waals surface area contributed by atoms with E-state index in [0.29, 0.717) is 21.8 Å². The number of anilines is 1. The van der Waals surface area contributed by atoms with E-state index < -0.39 is 22.7 Å². The van der Waals surface area contributed by atoms with Gasteiger partial charge in [-0.05, 0) is 66.6 Å². The molecule has 0 saturated carbocycles. The number of nitro benzene ring substituents is 1. The molecular formula is C23H17ClN4O6. The summed E-state index contributed by atoms with van der Waals surface area (Å²) < 4.78 is 5.22. The van der Waals surface area contributed by atoms with Crippen LogP contribution in [0.15, 0.2) is 71.8 Å². The van der Waals surface area contributed by atoms with E-state index in [0.717, 1.165) is 0 Å². The highest BCUT2D eigenvalue weighted by Crippen LogP contribution is 2.22. The van der Waals surface area contributed by atoms with Crippen molar-refractivity contribution >= 4 is 47.0 Å². The third-order valence-corrected chi connectivity index (χ3v) is 4.92. The number of hydrazone groups is 1. The van der Waals surface area contributed by atoms with Crippen LogP contribution in [0.4, 0.5) is 11.4 Å². The molecule has 2 amide bonds. The molecule has 0 aliphatic heterocycles. The summed E-state index contributed by atoms with van der Waals surface area (Å²) in [5.41, 5.74) is 3.74. The Labute approximate surface area is 198 Å². The van der Waals surface area contributed by atoms with Gasteiger partial charge in [-0.25, -0.2) is 10.2 Å². The van der Waals surface area contributed by atoms with Gasteiger partial charge in [-0.15, -0.1) is 0 Å². The van der Waals surface area contributed by atoms with Crippen molar-refractivity contribution in [1.82, 2.24) is 5.43 Å². The quantitative estimate of drug-likeness (QED) is 0.137. The van der Waals surface area contributed by atoms with Gasteiger partial charge in [0, 0.05) is 22.8 Å². The molecule has 34 heavy (non-hydrogen) atoms. The van der Waals surface area contributed by atoms with Gasteiger partial charge in [-0.3, -0.25) is 19.7 Å². The van der Waals surface area contributed by atoms with Gasteiger partial charge in [0.25, 0.3) is 5.69 Å². The van der Waals surface area contributed by atoms with E-state index in [9.17, 15) is 24.5 Å². The van der Waals surface area contributed by atoms with Crippen molar-refractivity contribution in [2.45, 2.75) is 6.92 Å². The molecule has 0 aromatic heterocycles. The second kappa shape index (κ2) is 10.8. The molecule has 11 heteroatoms. The van der Waals surface area contributed by atoms with Gasteiger partial charge >= 0.3 is 17.8 Å². The first kappa shape index (κ1) is 24.1. The lowest BCUT2D eigenvalue weighted by Crippen LogP contribution is -2.32. The zero-order valence-corrected chi connectivity index (χ0v) is 18.4. The Morgan fingerprint density at radius 1 is 1.00 bits per heavy atom. The highest BCUT2D eigenvalue weighted by atomic mass is 35.5.